The quantitative estimate of drug-likeness (QED) is 0.628. The van der Waals surface area contributed by atoms with Crippen molar-refractivity contribution in [2.24, 2.45) is 0 Å². The largest absolute Gasteiger partial charge is 0.384 e. The van der Waals surface area contributed by atoms with Gasteiger partial charge in [0.05, 0.1) is 0 Å². The number of nitrogens with zero attached hydrogens (tertiary/aromatic N) is 1. The van der Waals surface area contributed by atoms with Crippen molar-refractivity contribution in [3.05, 3.63) is 23.4 Å². The van der Waals surface area contributed by atoms with Crippen LogP contribution in [0.15, 0.2) is 12.3 Å². The second kappa shape index (κ2) is 6.19. The van der Waals surface area contributed by atoms with Crippen molar-refractivity contribution in [3.63, 3.8) is 0 Å². The van der Waals surface area contributed by atoms with E-state index in [0.29, 0.717) is 12.2 Å². The second-order valence-electron chi connectivity index (χ2n) is 3.32. The van der Waals surface area contributed by atoms with Gasteiger partial charge in [0.1, 0.15) is 5.82 Å². The van der Waals surface area contributed by atoms with Crippen LogP contribution >= 0.6 is 11.8 Å². The van der Waals surface area contributed by atoms with Crippen molar-refractivity contribution in [2.75, 3.05) is 11.5 Å². The van der Waals surface area contributed by atoms with Crippen LogP contribution in [0.25, 0.3) is 0 Å². The lowest BCUT2D eigenvalue weighted by Gasteiger charge is -1.97. The number of nitrogens with two attached hydrogens (primary N) is 1. The molecule has 4 heteroatoms. The first kappa shape index (κ1) is 12.6. The van der Waals surface area contributed by atoms with Crippen LogP contribution in [-0.2, 0) is 4.79 Å². The number of hydrogen-bond acceptors (Lipinski definition) is 4. The topological polar surface area (TPSA) is 56.0 Å². The Labute approximate surface area is 99.8 Å². The Morgan fingerprint density at radius 3 is 3.00 bits per heavy atom. The molecule has 0 saturated heterocycles. The van der Waals surface area contributed by atoms with Gasteiger partial charge in [0.15, 0.2) is 5.12 Å². The molecule has 0 aliphatic carbocycles. The van der Waals surface area contributed by atoms with Crippen LogP contribution in [0, 0.1) is 18.8 Å². The van der Waals surface area contributed by atoms with Crippen molar-refractivity contribution >= 4 is 22.7 Å². The minimum atomic E-state index is 0.132. The summed E-state index contributed by atoms with van der Waals surface area (Å²) in [5.41, 5.74) is 7.45. The lowest BCUT2D eigenvalue weighted by molar-refractivity contribution is -0.109. The van der Waals surface area contributed by atoms with Gasteiger partial charge in [-0.3, -0.25) is 4.79 Å². The molecule has 2 N–H and O–H groups in total. The molecule has 1 aromatic rings. The van der Waals surface area contributed by atoms with Gasteiger partial charge in [-0.1, -0.05) is 23.6 Å². The molecular formula is C12H14N2OS. The van der Waals surface area contributed by atoms with Crippen molar-refractivity contribution in [1.82, 2.24) is 4.98 Å². The van der Waals surface area contributed by atoms with E-state index in [4.69, 9.17) is 5.73 Å². The summed E-state index contributed by atoms with van der Waals surface area (Å²) in [6, 6.07) is 1.80. The van der Waals surface area contributed by atoms with E-state index in [-0.39, 0.29) is 5.12 Å². The van der Waals surface area contributed by atoms with E-state index in [9.17, 15) is 4.79 Å². The maximum Gasteiger partial charge on any atom is 0.185 e. The first-order valence-electron chi connectivity index (χ1n) is 4.94. The molecule has 1 aromatic heterocycles. The van der Waals surface area contributed by atoms with E-state index >= 15 is 0 Å². The van der Waals surface area contributed by atoms with Gasteiger partial charge < -0.3 is 5.73 Å². The summed E-state index contributed by atoms with van der Waals surface area (Å²) < 4.78 is 0. The molecule has 1 rings (SSSR count). The van der Waals surface area contributed by atoms with Gasteiger partial charge in [-0.05, 0) is 18.6 Å². The van der Waals surface area contributed by atoms with Crippen molar-refractivity contribution < 1.29 is 4.79 Å². The SMILES string of the molecule is CC(=O)SCCC#Cc1cnc(N)cc1C. The highest BCUT2D eigenvalue weighted by Crippen LogP contribution is 2.08. The lowest BCUT2D eigenvalue weighted by atomic mass is 10.1. The maximum atomic E-state index is 10.7. The number of aromatic nitrogens is 1. The summed E-state index contributed by atoms with van der Waals surface area (Å²) in [5, 5.41) is 0.132. The zero-order chi connectivity index (χ0) is 12.0. The normalized spacial score (nSPS) is 9.38. The van der Waals surface area contributed by atoms with Crippen LogP contribution in [0.3, 0.4) is 0 Å². The molecule has 0 bridgehead atoms. The number of carbonyl (C=O) groups is 1. The molecule has 0 saturated carbocycles. The monoisotopic (exact) mass is 234 g/mol. The highest BCUT2D eigenvalue weighted by Gasteiger charge is 1.95. The van der Waals surface area contributed by atoms with E-state index in [2.05, 4.69) is 16.8 Å². The van der Waals surface area contributed by atoms with Gasteiger partial charge in [-0.15, -0.1) is 0 Å². The third-order valence-corrected chi connectivity index (χ3v) is 2.70. The van der Waals surface area contributed by atoms with E-state index in [1.807, 2.05) is 6.92 Å². The van der Waals surface area contributed by atoms with Crippen molar-refractivity contribution in [3.8, 4) is 11.8 Å². The first-order chi connectivity index (χ1) is 7.59. The van der Waals surface area contributed by atoms with Gasteiger partial charge in [0.25, 0.3) is 0 Å². The Kier molecular flexibility index (Phi) is 4.87. The molecule has 0 atom stereocenters. The zero-order valence-corrected chi connectivity index (χ0v) is 10.2. The number of carbonyl (C=O) groups excluding carboxylic acids is 1. The summed E-state index contributed by atoms with van der Waals surface area (Å²) in [5.74, 6) is 7.28. The highest BCUT2D eigenvalue weighted by molar-refractivity contribution is 8.13. The maximum absolute atomic E-state index is 10.7. The number of hydrogen-bond donors (Lipinski definition) is 1. The molecule has 0 spiro atoms. The van der Waals surface area contributed by atoms with Crippen LogP contribution < -0.4 is 5.73 Å². The van der Waals surface area contributed by atoms with Crippen molar-refractivity contribution in [2.45, 2.75) is 20.3 Å². The molecular weight excluding hydrogens is 220 g/mol. The fourth-order valence-electron chi connectivity index (χ4n) is 1.11. The minimum absolute atomic E-state index is 0.132. The van der Waals surface area contributed by atoms with E-state index in [0.717, 1.165) is 16.9 Å². The summed E-state index contributed by atoms with van der Waals surface area (Å²) >= 11 is 1.30. The molecule has 0 aliphatic rings. The number of aryl methyl sites for hydroxylation is 1. The fourth-order valence-corrected chi connectivity index (χ4v) is 1.60. The van der Waals surface area contributed by atoms with E-state index < -0.39 is 0 Å². The molecule has 0 aromatic carbocycles. The minimum Gasteiger partial charge on any atom is -0.384 e. The van der Waals surface area contributed by atoms with Crippen LogP contribution in [0.4, 0.5) is 5.82 Å². The highest BCUT2D eigenvalue weighted by atomic mass is 32.2. The average molecular weight is 234 g/mol. The molecule has 84 valence electrons. The van der Waals surface area contributed by atoms with Gasteiger partial charge in [0.2, 0.25) is 0 Å². The van der Waals surface area contributed by atoms with Gasteiger partial charge in [0, 0.05) is 30.9 Å². The van der Waals surface area contributed by atoms with Crippen LogP contribution in [0.2, 0.25) is 0 Å². The third-order valence-electron chi connectivity index (χ3n) is 1.89. The molecule has 16 heavy (non-hydrogen) atoms. The summed E-state index contributed by atoms with van der Waals surface area (Å²) in [6.45, 7) is 3.51. The Bertz CT molecular complexity index is 446. The smallest absolute Gasteiger partial charge is 0.185 e. The molecule has 3 nitrogen and oxygen atoms in total. The fraction of sp³-hybridized carbons (Fsp3) is 0.333. The summed E-state index contributed by atoms with van der Waals surface area (Å²) in [6.07, 6.45) is 2.38. The number of pyridine rings is 1. The number of thioether (sulfide) groups is 1. The molecule has 0 amide bonds. The Hall–Kier alpha value is -1.47. The van der Waals surface area contributed by atoms with Gasteiger partial charge in [-0.25, -0.2) is 4.98 Å². The van der Waals surface area contributed by atoms with Gasteiger partial charge >= 0.3 is 0 Å². The standard InChI is InChI=1S/C12H14N2OS/c1-9-7-12(13)14-8-11(9)5-3-4-6-16-10(2)15/h7-8H,4,6H2,1-2H3,(H2,13,14). The Balaban J connectivity index is 2.53. The van der Waals surface area contributed by atoms with E-state index in [1.54, 1.807) is 19.2 Å². The predicted octanol–water partition coefficient (Wildman–Crippen LogP) is 1.99. The number of anilines is 1. The van der Waals surface area contributed by atoms with E-state index in [1.165, 1.54) is 11.8 Å². The van der Waals surface area contributed by atoms with Crippen LogP contribution in [-0.4, -0.2) is 15.9 Å². The first-order valence-corrected chi connectivity index (χ1v) is 5.92. The Morgan fingerprint density at radius 1 is 1.62 bits per heavy atom. The lowest BCUT2D eigenvalue weighted by Crippen LogP contribution is -1.92. The van der Waals surface area contributed by atoms with Crippen LogP contribution in [0.5, 0.6) is 0 Å². The molecule has 0 radical (unpaired) electrons. The summed E-state index contributed by atoms with van der Waals surface area (Å²) in [7, 11) is 0. The zero-order valence-electron chi connectivity index (χ0n) is 9.41. The average Bonchev–Trinajstić information content (AvgIpc) is 2.20. The third kappa shape index (κ3) is 4.37. The molecule has 1 heterocycles. The molecule has 0 unspecified atom stereocenters. The Morgan fingerprint density at radius 2 is 2.38 bits per heavy atom. The van der Waals surface area contributed by atoms with Gasteiger partial charge in [-0.2, -0.15) is 0 Å². The van der Waals surface area contributed by atoms with Crippen molar-refractivity contribution in [1.29, 1.82) is 0 Å². The molecule has 0 fully saturated rings. The number of rotatable bonds is 2. The second-order valence-corrected chi connectivity index (χ2v) is 4.59. The van der Waals surface area contributed by atoms with Crippen LogP contribution in [0.1, 0.15) is 24.5 Å². The predicted molar refractivity (Wildman–Crippen MR) is 68.0 cm³/mol. The number of nitrogen functional groups attached to an aromatic ring is 1. The summed E-state index contributed by atoms with van der Waals surface area (Å²) in [4.78, 5) is 14.6. The molecule has 0 aliphatic heterocycles.